The molecule has 1 atom stereocenters. The monoisotopic (exact) mass is 246 g/mol. The average molecular weight is 246 g/mol. The summed E-state index contributed by atoms with van der Waals surface area (Å²) in [6, 6.07) is 6.89. The van der Waals surface area contributed by atoms with Crippen LogP contribution in [0.2, 0.25) is 0 Å². The lowest BCUT2D eigenvalue weighted by atomic mass is 10.1. The number of fused-ring (bicyclic) bond motifs is 1. The lowest BCUT2D eigenvalue weighted by Gasteiger charge is -2.17. The summed E-state index contributed by atoms with van der Waals surface area (Å²) < 4.78 is 15.4. The van der Waals surface area contributed by atoms with Gasteiger partial charge in [0, 0.05) is 18.9 Å². The lowest BCUT2D eigenvalue weighted by Crippen LogP contribution is -2.32. The largest absolute Gasteiger partial charge is 0.326 e. The minimum Gasteiger partial charge on any atom is -0.326 e. The van der Waals surface area contributed by atoms with Crippen LogP contribution in [0.4, 0.5) is 4.39 Å². The first-order chi connectivity index (χ1) is 8.72. The number of halogens is 1. The van der Waals surface area contributed by atoms with Crippen LogP contribution >= 0.6 is 0 Å². The molecule has 94 valence electrons. The maximum absolute atomic E-state index is 13.5. The maximum Gasteiger partial charge on any atom is 0.155 e. The number of aromatic nitrogens is 3. The molecule has 0 spiro atoms. The Kier molecular flexibility index (Phi) is 2.83. The molecule has 5 heteroatoms. The van der Waals surface area contributed by atoms with Crippen LogP contribution in [0, 0.1) is 5.82 Å². The molecule has 1 unspecified atom stereocenters. The van der Waals surface area contributed by atoms with Crippen molar-refractivity contribution in [2.45, 2.75) is 31.8 Å². The van der Waals surface area contributed by atoms with Gasteiger partial charge in [-0.15, -0.1) is 0 Å². The van der Waals surface area contributed by atoms with Gasteiger partial charge in [0.2, 0.25) is 0 Å². The second-order valence-corrected chi connectivity index (χ2v) is 4.69. The van der Waals surface area contributed by atoms with Gasteiger partial charge in [0.15, 0.2) is 5.82 Å². The van der Waals surface area contributed by atoms with E-state index in [1.165, 1.54) is 6.07 Å². The predicted molar refractivity (Wildman–Crippen MR) is 65.5 cm³/mol. The number of benzene rings is 1. The van der Waals surface area contributed by atoms with Crippen molar-refractivity contribution in [1.82, 2.24) is 14.8 Å². The quantitative estimate of drug-likeness (QED) is 0.868. The summed E-state index contributed by atoms with van der Waals surface area (Å²) in [5.74, 6) is 1.43. The van der Waals surface area contributed by atoms with Crippen molar-refractivity contribution in [3.05, 3.63) is 47.3 Å². The van der Waals surface area contributed by atoms with Crippen molar-refractivity contribution in [2.24, 2.45) is 5.73 Å². The number of hydrogen-bond donors (Lipinski definition) is 1. The van der Waals surface area contributed by atoms with Crippen molar-refractivity contribution < 1.29 is 4.39 Å². The Bertz CT molecular complexity index is 564. The first-order valence-electron chi connectivity index (χ1n) is 6.14. The molecule has 2 N–H and O–H groups in total. The maximum atomic E-state index is 13.5. The summed E-state index contributed by atoms with van der Waals surface area (Å²) >= 11 is 0. The zero-order chi connectivity index (χ0) is 12.5. The fourth-order valence-corrected chi connectivity index (χ4v) is 2.27. The molecule has 18 heavy (non-hydrogen) atoms. The molecule has 1 aromatic heterocycles. The van der Waals surface area contributed by atoms with E-state index in [1.54, 1.807) is 12.1 Å². The van der Waals surface area contributed by atoms with E-state index >= 15 is 0 Å². The van der Waals surface area contributed by atoms with Crippen molar-refractivity contribution in [2.75, 3.05) is 0 Å². The van der Waals surface area contributed by atoms with Crippen molar-refractivity contribution in [3.8, 4) is 0 Å². The van der Waals surface area contributed by atoms with Gasteiger partial charge in [-0.05, 0) is 18.1 Å². The number of hydrogen-bond acceptors (Lipinski definition) is 3. The van der Waals surface area contributed by atoms with Crippen LogP contribution in [0.5, 0.6) is 0 Å². The lowest BCUT2D eigenvalue weighted by molar-refractivity contribution is 0.421. The van der Waals surface area contributed by atoms with Crippen LogP contribution in [-0.4, -0.2) is 20.8 Å². The summed E-state index contributed by atoms with van der Waals surface area (Å²) in [6.45, 7) is 0.708. The molecular formula is C13H15FN4. The molecule has 0 saturated carbocycles. The zero-order valence-electron chi connectivity index (χ0n) is 10.0. The summed E-state index contributed by atoms with van der Waals surface area (Å²) in [5.41, 5.74) is 6.52. The van der Waals surface area contributed by atoms with Gasteiger partial charge in [0.1, 0.15) is 11.6 Å². The third kappa shape index (κ3) is 2.13. The van der Waals surface area contributed by atoms with E-state index in [0.717, 1.165) is 18.7 Å². The number of aryl methyl sites for hydroxylation is 1. The fraction of sp³-hybridized carbons (Fsp3) is 0.385. The number of nitrogens with zero attached hydrogens (tertiary/aromatic N) is 3. The van der Waals surface area contributed by atoms with Crippen LogP contribution in [0.25, 0.3) is 0 Å². The van der Waals surface area contributed by atoms with E-state index in [2.05, 4.69) is 10.1 Å². The van der Waals surface area contributed by atoms with Gasteiger partial charge in [-0.3, -0.25) is 0 Å². The molecule has 1 aromatic carbocycles. The van der Waals surface area contributed by atoms with E-state index < -0.39 is 0 Å². The Labute approximate surface area is 105 Å². The molecule has 0 aliphatic carbocycles. The van der Waals surface area contributed by atoms with Gasteiger partial charge < -0.3 is 5.73 Å². The summed E-state index contributed by atoms with van der Waals surface area (Å²) in [4.78, 5) is 4.45. The first-order valence-corrected chi connectivity index (χ1v) is 6.14. The molecule has 0 amide bonds. The third-order valence-electron chi connectivity index (χ3n) is 3.24. The standard InChI is InChI=1S/C13H15FN4/c14-11-4-2-1-3-9(11)7-12-16-13-6-5-10(15)8-18(13)17-12/h1-4,10H,5-8,15H2. The highest BCUT2D eigenvalue weighted by molar-refractivity contribution is 5.21. The topological polar surface area (TPSA) is 56.7 Å². The predicted octanol–water partition coefficient (Wildman–Crippen LogP) is 1.28. The highest BCUT2D eigenvalue weighted by Gasteiger charge is 2.19. The Hall–Kier alpha value is -1.75. The Morgan fingerprint density at radius 1 is 1.39 bits per heavy atom. The Morgan fingerprint density at radius 2 is 2.22 bits per heavy atom. The van der Waals surface area contributed by atoms with Crippen LogP contribution in [-0.2, 0) is 19.4 Å². The Morgan fingerprint density at radius 3 is 3.06 bits per heavy atom. The molecule has 2 aromatic rings. The molecule has 1 aliphatic heterocycles. The van der Waals surface area contributed by atoms with E-state index in [4.69, 9.17) is 5.73 Å². The molecule has 0 fully saturated rings. The Balaban J connectivity index is 1.84. The molecule has 2 heterocycles. The molecule has 3 rings (SSSR count). The molecule has 0 saturated heterocycles. The second kappa shape index (κ2) is 4.49. The molecule has 0 radical (unpaired) electrons. The van der Waals surface area contributed by atoms with Crippen LogP contribution < -0.4 is 5.73 Å². The van der Waals surface area contributed by atoms with E-state index in [9.17, 15) is 4.39 Å². The number of nitrogens with two attached hydrogens (primary N) is 1. The minimum atomic E-state index is -0.207. The van der Waals surface area contributed by atoms with Crippen molar-refractivity contribution in [3.63, 3.8) is 0 Å². The average Bonchev–Trinajstić information content (AvgIpc) is 2.73. The highest BCUT2D eigenvalue weighted by atomic mass is 19.1. The third-order valence-corrected chi connectivity index (χ3v) is 3.24. The highest BCUT2D eigenvalue weighted by Crippen LogP contribution is 2.15. The second-order valence-electron chi connectivity index (χ2n) is 4.69. The van der Waals surface area contributed by atoms with Crippen LogP contribution in [0.15, 0.2) is 24.3 Å². The fourth-order valence-electron chi connectivity index (χ4n) is 2.27. The zero-order valence-corrected chi connectivity index (χ0v) is 10.0. The van der Waals surface area contributed by atoms with E-state index in [0.29, 0.717) is 24.4 Å². The van der Waals surface area contributed by atoms with Gasteiger partial charge in [-0.1, -0.05) is 18.2 Å². The van der Waals surface area contributed by atoms with Crippen molar-refractivity contribution in [1.29, 1.82) is 0 Å². The van der Waals surface area contributed by atoms with Gasteiger partial charge in [0.05, 0.1) is 6.54 Å². The first kappa shape index (κ1) is 11.3. The number of rotatable bonds is 2. The normalized spacial score (nSPS) is 18.7. The van der Waals surface area contributed by atoms with Crippen molar-refractivity contribution >= 4 is 0 Å². The van der Waals surface area contributed by atoms with Gasteiger partial charge >= 0.3 is 0 Å². The van der Waals surface area contributed by atoms with E-state index in [1.807, 2.05) is 10.7 Å². The molecule has 0 bridgehead atoms. The smallest absolute Gasteiger partial charge is 0.155 e. The molecule has 4 nitrogen and oxygen atoms in total. The van der Waals surface area contributed by atoms with Gasteiger partial charge in [-0.25, -0.2) is 14.1 Å². The molecular weight excluding hydrogens is 231 g/mol. The SMILES string of the molecule is NC1CCc2nc(Cc3ccccc3F)nn2C1. The molecule has 1 aliphatic rings. The summed E-state index contributed by atoms with van der Waals surface area (Å²) in [6.07, 6.45) is 2.23. The van der Waals surface area contributed by atoms with Crippen LogP contribution in [0.3, 0.4) is 0 Å². The minimum absolute atomic E-state index is 0.153. The van der Waals surface area contributed by atoms with Crippen LogP contribution in [0.1, 0.15) is 23.6 Å². The van der Waals surface area contributed by atoms with Gasteiger partial charge in [0.25, 0.3) is 0 Å². The van der Waals surface area contributed by atoms with Gasteiger partial charge in [-0.2, -0.15) is 5.10 Å². The summed E-state index contributed by atoms with van der Waals surface area (Å²) in [7, 11) is 0. The van der Waals surface area contributed by atoms with E-state index in [-0.39, 0.29) is 11.9 Å². The summed E-state index contributed by atoms with van der Waals surface area (Å²) in [5, 5.41) is 4.40.